The number of benzene rings is 1. The van der Waals surface area contributed by atoms with Crippen LogP contribution >= 0.6 is 0 Å². The summed E-state index contributed by atoms with van der Waals surface area (Å²) >= 11 is 0. The molecular formula is C15H22O. The quantitative estimate of drug-likeness (QED) is 0.733. The lowest BCUT2D eigenvalue weighted by atomic mass is 9.96. The standard InChI is InChI=1S/C15H22O/c1-5-11(2)9-15(16)10-14-7-12(3)6-13(4)8-14/h6-8,11H,5,9-10H2,1-4H3. The average Bonchev–Trinajstić information content (AvgIpc) is 2.15. The fourth-order valence-corrected chi connectivity index (χ4v) is 2.00. The van der Waals surface area contributed by atoms with Crippen LogP contribution in [0.3, 0.4) is 0 Å². The van der Waals surface area contributed by atoms with Gasteiger partial charge in [0.15, 0.2) is 0 Å². The van der Waals surface area contributed by atoms with E-state index in [0.29, 0.717) is 24.5 Å². The summed E-state index contributed by atoms with van der Waals surface area (Å²) in [6, 6.07) is 6.37. The molecule has 0 heterocycles. The topological polar surface area (TPSA) is 17.1 Å². The van der Waals surface area contributed by atoms with Crippen molar-refractivity contribution in [1.82, 2.24) is 0 Å². The van der Waals surface area contributed by atoms with E-state index in [1.807, 2.05) is 0 Å². The van der Waals surface area contributed by atoms with Gasteiger partial charge in [0.2, 0.25) is 0 Å². The van der Waals surface area contributed by atoms with Crippen LogP contribution in [-0.2, 0) is 11.2 Å². The van der Waals surface area contributed by atoms with Crippen LogP contribution in [0.15, 0.2) is 18.2 Å². The minimum absolute atomic E-state index is 0.361. The van der Waals surface area contributed by atoms with Crippen molar-refractivity contribution in [3.05, 3.63) is 34.9 Å². The van der Waals surface area contributed by atoms with Crippen LogP contribution in [0, 0.1) is 19.8 Å². The molecule has 1 nitrogen and oxygen atoms in total. The molecule has 0 amide bonds. The minimum Gasteiger partial charge on any atom is -0.299 e. The highest BCUT2D eigenvalue weighted by Gasteiger charge is 2.08. The fourth-order valence-electron chi connectivity index (χ4n) is 2.00. The first-order valence-corrected chi connectivity index (χ1v) is 6.10. The molecule has 1 heteroatoms. The Hall–Kier alpha value is -1.11. The molecule has 0 aliphatic carbocycles. The second kappa shape index (κ2) is 5.83. The van der Waals surface area contributed by atoms with Gasteiger partial charge in [-0.25, -0.2) is 0 Å². The van der Waals surface area contributed by atoms with Crippen molar-refractivity contribution < 1.29 is 4.79 Å². The lowest BCUT2D eigenvalue weighted by molar-refractivity contribution is -0.119. The van der Waals surface area contributed by atoms with E-state index in [9.17, 15) is 4.79 Å². The Labute approximate surface area is 98.9 Å². The molecule has 1 unspecified atom stereocenters. The van der Waals surface area contributed by atoms with Crippen molar-refractivity contribution >= 4 is 5.78 Å². The lowest BCUT2D eigenvalue weighted by Crippen LogP contribution is -2.08. The van der Waals surface area contributed by atoms with E-state index in [0.717, 1.165) is 12.0 Å². The molecule has 0 fully saturated rings. The van der Waals surface area contributed by atoms with Gasteiger partial charge in [-0.15, -0.1) is 0 Å². The van der Waals surface area contributed by atoms with Crippen molar-refractivity contribution in [2.24, 2.45) is 5.92 Å². The van der Waals surface area contributed by atoms with Gasteiger partial charge in [0.1, 0.15) is 5.78 Å². The molecule has 1 atom stereocenters. The largest absolute Gasteiger partial charge is 0.299 e. The molecule has 0 aliphatic heterocycles. The lowest BCUT2D eigenvalue weighted by Gasteiger charge is -2.08. The molecule has 1 aromatic rings. The number of aryl methyl sites for hydroxylation is 2. The Balaban J connectivity index is 2.62. The number of Topliss-reactive ketones (excluding diaryl/α,β-unsaturated/α-hetero) is 1. The van der Waals surface area contributed by atoms with Crippen LogP contribution in [-0.4, -0.2) is 5.78 Å². The van der Waals surface area contributed by atoms with Crippen molar-refractivity contribution in [2.45, 2.75) is 47.0 Å². The molecule has 1 rings (SSSR count). The highest BCUT2D eigenvalue weighted by Crippen LogP contribution is 2.13. The molecule has 0 saturated carbocycles. The van der Waals surface area contributed by atoms with E-state index in [1.54, 1.807) is 0 Å². The van der Waals surface area contributed by atoms with Gasteiger partial charge in [-0.3, -0.25) is 4.79 Å². The van der Waals surface area contributed by atoms with Crippen molar-refractivity contribution in [3.63, 3.8) is 0 Å². The summed E-state index contributed by atoms with van der Waals surface area (Å²) in [6.45, 7) is 8.43. The van der Waals surface area contributed by atoms with Gasteiger partial charge < -0.3 is 0 Å². The zero-order chi connectivity index (χ0) is 12.1. The average molecular weight is 218 g/mol. The SMILES string of the molecule is CCC(C)CC(=O)Cc1cc(C)cc(C)c1. The maximum atomic E-state index is 11.8. The summed E-state index contributed by atoms with van der Waals surface area (Å²) in [7, 11) is 0. The van der Waals surface area contributed by atoms with Gasteiger partial charge >= 0.3 is 0 Å². The molecular weight excluding hydrogens is 196 g/mol. The molecule has 0 aliphatic rings. The Morgan fingerprint density at radius 1 is 1.19 bits per heavy atom. The summed E-state index contributed by atoms with van der Waals surface area (Å²) in [4.78, 5) is 11.8. The number of rotatable bonds is 5. The predicted octanol–water partition coefficient (Wildman–Crippen LogP) is 3.85. The normalized spacial score (nSPS) is 12.5. The van der Waals surface area contributed by atoms with E-state index >= 15 is 0 Å². The molecule has 0 radical (unpaired) electrons. The van der Waals surface area contributed by atoms with Gasteiger partial charge in [0, 0.05) is 12.8 Å². The second-order valence-corrected chi connectivity index (χ2v) is 4.93. The van der Waals surface area contributed by atoms with Crippen LogP contribution in [0.25, 0.3) is 0 Å². The number of carbonyl (C=O) groups is 1. The van der Waals surface area contributed by atoms with E-state index in [4.69, 9.17) is 0 Å². The Bertz CT molecular complexity index is 345. The van der Waals surface area contributed by atoms with Crippen LogP contribution < -0.4 is 0 Å². The van der Waals surface area contributed by atoms with Crippen molar-refractivity contribution in [2.75, 3.05) is 0 Å². The van der Waals surface area contributed by atoms with Gasteiger partial charge in [-0.2, -0.15) is 0 Å². The van der Waals surface area contributed by atoms with Crippen LogP contribution in [0.4, 0.5) is 0 Å². The fraction of sp³-hybridized carbons (Fsp3) is 0.533. The van der Waals surface area contributed by atoms with Gasteiger partial charge in [0.25, 0.3) is 0 Å². The molecule has 16 heavy (non-hydrogen) atoms. The molecule has 0 N–H and O–H groups in total. The van der Waals surface area contributed by atoms with E-state index in [-0.39, 0.29) is 0 Å². The summed E-state index contributed by atoms with van der Waals surface area (Å²) in [6.07, 6.45) is 2.38. The minimum atomic E-state index is 0.361. The van der Waals surface area contributed by atoms with Gasteiger partial charge in [-0.1, -0.05) is 49.6 Å². The second-order valence-electron chi connectivity index (χ2n) is 4.93. The zero-order valence-corrected chi connectivity index (χ0v) is 10.8. The highest BCUT2D eigenvalue weighted by molar-refractivity contribution is 5.81. The van der Waals surface area contributed by atoms with E-state index in [1.165, 1.54) is 11.1 Å². The summed E-state index contributed by atoms with van der Waals surface area (Å²) in [5, 5.41) is 0. The van der Waals surface area contributed by atoms with Gasteiger partial charge in [-0.05, 0) is 25.3 Å². The Morgan fingerprint density at radius 2 is 1.75 bits per heavy atom. The molecule has 0 spiro atoms. The molecule has 0 aromatic heterocycles. The summed E-state index contributed by atoms with van der Waals surface area (Å²) in [5.41, 5.74) is 3.64. The van der Waals surface area contributed by atoms with Gasteiger partial charge in [0.05, 0.1) is 0 Å². The van der Waals surface area contributed by atoms with E-state index in [2.05, 4.69) is 45.9 Å². The maximum absolute atomic E-state index is 11.8. The zero-order valence-electron chi connectivity index (χ0n) is 10.8. The smallest absolute Gasteiger partial charge is 0.137 e. The number of ketones is 1. The van der Waals surface area contributed by atoms with Crippen molar-refractivity contribution in [1.29, 1.82) is 0 Å². The third-order valence-corrected chi connectivity index (χ3v) is 2.96. The maximum Gasteiger partial charge on any atom is 0.137 e. The number of hydrogen-bond acceptors (Lipinski definition) is 1. The van der Waals surface area contributed by atoms with Crippen LogP contribution in [0.2, 0.25) is 0 Å². The Kier molecular flexibility index (Phi) is 4.72. The summed E-state index contributed by atoms with van der Waals surface area (Å²) in [5.74, 6) is 0.873. The van der Waals surface area contributed by atoms with E-state index < -0.39 is 0 Å². The molecule has 88 valence electrons. The van der Waals surface area contributed by atoms with Crippen LogP contribution in [0.1, 0.15) is 43.4 Å². The van der Waals surface area contributed by atoms with Crippen molar-refractivity contribution in [3.8, 4) is 0 Å². The number of carbonyl (C=O) groups excluding carboxylic acids is 1. The first kappa shape index (κ1) is 13.0. The third-order valence-electron chi connectivity index (χ3n) is 2.96. The first-order valence-electron chi connectivity index (χ1n) is 6.10. The highest BCUT2D eigenvalue weighted by atomic mass is 16.1. The molecule has 1 aromatic carbocycles. The summed E-state index contributed by atoms with van der Waals surface area (Å²) < 4.78 is 0. The molecule has 0 bridgehead atoms. The number of hydrogen-bond donors (Lipinski definition) is 0. The monoisotopic (exact) mass is 218 g/mol. The third kappa shape index (κ3) is 4.18. The van der Waals surface area contributed by atoms with Crippen LogP contribution in [0.5, 0.6) is 0 Å². The first-order chi connectivity index (χ1) is 7.51. The molecule has 0 saturated heterocycles. The predicted molar refractivity (Wildman–Crippen MR) is 68.7 cm³/mol. The Morgan fingerprint density at radius 3 is 2.25 bits per heavy atom.